The minimum Gasteiger partial charge on any atom is -0.465 e. The van der Waals surface area contributed by atoms with Gasteiger partial charge in [-0.2, -0.15) is 0 Å². The highest BCUT2D eigenvalue weighted by Crippen LogP contribution is 2.22. The van der Waals surface area contributed by atoms with Gasteiger partial charge in [-0.15, -0.1) is 0 Å². The standard InChI is InChI=1S/C17H22O4/c1-3-19-16(18)12-13(2)14-7-9-15(10-8-14)21-17-6-4-5-11-20-17/h7-10,12,17H,3-6,11H2,1-2H3. The first-order chi connectivity index (χ1) is 10.2. The predicted molar refractivity (Wildman–Crippen MR) is 80.9 cm³/mol. The van der Waals surface area contributed by atoms with Gasteiger partial charge in [0.05, 0.1) is 13.2 Å². The van der Waals surface area contributed by atoms with Gasteiger partial charge in [0.1, 0.15) is 5.75 Å². The van der Waals surface area contributed by atoms with Crippen LogP contribution in [0.25, 0.3) is 5.57 Å². The minimum atomic E-state index is -0.314. The van der Waals surface area contributed by atoms with Gasteiger partial charge in [-0.3, -0.25) is 0 Å². The molecule has 1 heterocycles. The number of hydrogen-bond acceptors (Lipinski definition) is 4. The average molecular weight is 290 g/mol. The summed E-state index contributed by atoms with van der Waals surface area (Å²) in [5.41, 5.74) is 1.84. The third kappa shape index (κ3) is 4.90. The molecular formula is C17H22O4. The SMILES string of the molecule is CCOC(=O)C=C(C)c1ccc(OC2CCCCO2)cc1. The molecule has 0 spiro atoms. The molecule has 0 amide bonds. The number of rotatable bonds is 5. The Kier molecular flexibility index (Phi) is 5.81. The molecular weight excluding hydrogens is 268 g/mol. The molecule has 1 fully saturated rings. The molecule has 0 N–H and O–H groups in total. The van der Waals surface area contributed by atoms with Gasteiger partial charge in [0.15, 0.2) is 6.29 Å². The summed E-state index contributed by atoms with van der Waals surface area (Å²) in [6, 6.07) is 7.66. The highest BCUT2D eigenvalue weighted by atomic mass is 16.7. The van der Waals surface area contributed by atoms with E-state index < -0.39 is 0 Å². The molecule has 1 aliphatic heterocycles. The third-order valence-corrected chi connectivity index (χ3v) is 3.34. The summed E-state index contributed by atoms with van der Waals surface area (Å²) in [5, 5.41) is 0. The van der Waals surface area contributed by atoms with Crippen LogP contribution < -0.4 is 4.74 Å². The predicted octanol–water partition coefficient (Wildman–Crippen LogP) is 3.56. The molecule has 1 unspecified atom stereocenters. The van der Waals surface area contributed by atoms with E-state index in [0.29, 0.717) is 6.61 Å². The molecule has 0 radical (unpaired) electrons. The fourth-order valence-electron chi connectivity index (χ4n) is 2.20. The molecule has 0 bridgehead atoms. The van der Waals surface area contributed by atoms with Crippen LogP contribution in [0.5, 0.6) is 5.75 Å². The largest absolute Gasteiger partial charge is 0.465 e. The Morgan fingerprint density at radius 1 is 1.33 bits per heavy atom. The lowest BCUT2D eigenvalue weighted by molar-refractivity contribution is -0.137. The number of hydrogen-bond donors (Lipinski definition) is 0. The van der Waals surface area contributed by atoms with E-state index in [-0.39, 0.29) is 12.3 Å². The average Bonchev–Trinajstić information content (AvgIpc) is 2.49. The first-order valence-corrected chi connectivity index (χ1v) is 7.43. The number of allylic oxidation sites excluding steroid dienone is 1. The van der Waals surface area contributed by atoms with Gasteiger partial charge in [0.2, 0.25) is 0 Å². The van der Waals surface area contributed by atoms with Crippen molar-refractivity contribution in [2.45, 2.75) is 39.4 Å². The maximum absolute atomic E-state index is 11.4. The van der Waals surface area contributed by atoms with Gasteiger partial charge < -0.3 is 14.2 Å². The molecule has 0 saturated carbocycles. The highest BCUT2D eigenvalue weighted by molar-refractivity contribution is 5.90. The molecule has 1 aliphatic rings. The van der Waals surface area contributed by atoms with Crippen molar-refractivity contribution >= 4 is 11.5 Å². The topological polar surface area (TPSA) is 44.8 Å². The van der Waals surface area contributed by atoms with E-state index in [2.05, 4.69) is 0 Å². The van der Waals surface area contributed by atoms with Crippen molar-refractivity contribution in [2.24, 2.45) is 0 Å². The Labute approximate surface area is 125 Å². The van der Waals surface area contributed by atoms with Crippen molar-refractivity contribution in [1.29, 1.82) is 0 Å². The van der Waals surface area contributed by atoms with Crippen molar-refractivity contribution in [3.63, 3.8) is 0 Å². The van der Waals surface area contributed by atoms with E-state index in [9.17, 15) is 4.79 Å². The first kappa shape index (κ1) is 15.6. The fraction of sp³-hybridized carbons (Fsp3) is 0.471. The Hall–Kier alpha value is -1.81. The van der Waals surface area contributed by atoms with Gasteiger partial charge in [0.25, 0.3) is 0 Å². The molecule has 1 saturated heterocycles. The van der Waals surface area contributed by atoms with E-state index in [1.165, 1.54) is 6.08 Å². The molecule has 1 aromatic rings. The van der Waals surface area contributed by atoms with Crippen molar-refractivity contribution in [3.05, 3.63) is 35.9 Å². The number of esters is 1. The maximum atomic E-state index is 11.4. The van der Waals surface area contributed by atoms with Crippen LogP contribution in [0.3, 0.4) is 0 Å². The van der Waals surface area contributed by atoms with Crippen LogP contribution in [0.2, 0.25) is 0 Å². The molecule has 1 aromatic carbocycles. The van der Waals surface area contributed by atoms with Crippen LogP contribution >= 0.6 is 0 Å². The molecule has 2 rings (SSSR count). The van der Waals surface area contributed by atoms with Crippen LogP contribution in [0.4, 0.5) is 0 Å². The summed E-state index contributed by atoms with van der Waals surface area (Å²) in [6.07, 6.45) is 4.55. The summed E-state index contributed by atoms with van der Waals surface area (Å²) in [6.45, 7) is 4.83. The molecule has 1 atom stereocenters. The van der Waals surface area contributed by atoms with Crippen molar-refractivity contribution in [2.75, 3.05) is 13.2 Å². The zero-order valence-corrected chi connectivity index (χ0v) is 12.6. The van der Waals surface area contributed by atoms with Crippen LogP contribution in [0, 0.1) is 0 Å². The van der Waals surface area contributed by atoms with E-state index in [4.69, 9.17) is 14.2 Å². The van der Waals surface area contributed by atoms with Gasteiger partial charge in [-0.1, -0.05) is 12.1 Å². The Morgan fingerprint density at radius 2 is 2.10 bits per heavy atom. The van der Waals surface area contributed by atoms with Gasteiger partial charge >= 0.3 is 5.97 Å². The summed E-state index contributed by atoms with van der Waals surface area (Å²) < 4.78 is 16.2. The van der Waals surface area contributed by atoms with Crippen LogP contribution in [0.15, 0.2) is 30.3 Å². The normalized spacial score (nSPS) is 19.1. The number of ether oxygens (including phenoxy) is 3. The second-order valence-corrected chi connectivity index (χ2v) is 5.02. The lowest BCUT2D eigenvalue weighted by Crippen LogP contribution is -2.24. The molecule has 0 aliphatic carbocycles. The van der Waals surface area contributed by atoms with Crippen LogP contribution in [-0.4, -0.2) is 25.5 Å². The van der Waals surface area contributed by atoms with Crippen molar-refractivity contribution < 1.29 is 19.0 Å². The Balaban J connectivity index is 1.96. The van der Waals surface area contributed by atoms with E-state index in [1.807, 2.05) is 31.2 Å². The van der Waals surface area contributed by atoms with Crippen LogP contribution in [0.1, 0.15) is 38.7 Å². The van der Waals surface area contributed by atoms with Crippen LogP contribution in [-0.2, 0) is 14.3 Å². The molecule has 0 aromatic heterocycles. The zero-order chi connectivity index (χ0) is 15.1. The first-order valence-electron chi connectivity index (χ1n) is 7.43. The number of carbonyl (C=O) groups excluding carboxylic acids is 1. The summed E-state index contributed by atoms with van der Waals surface area (Å²) in [7, 11) is 0. The smallest absolute Gasteiger partial charge is 0.331 e. The zero-order valence-electron chi connectivity index (χ0n) is 12.6. The van der Waals surface area contributed by atoms with Gasteiger partial charge in [-0.05, 0) is 50.0 Å². The summed E-state index contributed by atoms with van der Waals surface area (Å²) >= 11 is 0. The molecule has 114 valence electrons. The lowest BCUT2D eigenvalue weighted by atomic mass is 10.1. The second-order valence-electron chi connectivity index (χ2n) is 5.02. The number of benzene rings is 1. The Bertz CT molecular complexity index is 484. The third-order valence-electron chi connectivity index (χ3n) is 3.34. The molecule has 4 heteroatoms. The van der Waals surface area contributed by atoms with E-state index >= 15 is 0 Å². The monoisotopic (exact) mass is 290 g/mol. The van der Waals surface area contributed by atoms with Gasteiger partial charge in [-0.25, -0.2) is 4.79 Å². The number of carbonyl (C=O) groups is 1. The van der Waals surface area contributed by atoms with Gasteiger partial charge in [0, 0.05) is 12.5 Å². The second kappa shape index (κ2) is 7.84. The Morgan fingerprint density at radius 3 is 2.71 bits per heavy atom. The van der Waals surface area contributed by atoms with E-state index in [1.54, 1.807) is 6.92 Å². The summed E-state index contributed by atoms with van der Waals surface area (Å²) in [5.74, 6) is 0.473. The lowest BCUT2D eigenvalue weighted by Gasteiger charge is -2.23. The fourth-order valence-corrected chi connectivity index (χ4v) is 2.20. The molecule has 21 heavy (non-hydrogen) atoms. The van der Waals surface area contributed by atoms with E-state index in [0.717, 1.165) is 42.8 Å². The maximum Gasteiger partial charge on any atom is 0.331 e. The quantitative estimate of drug-likeness (QED) is 0.614. The van der Waals surface area contributed by atoms with Crippen molar-refractivity contribution in [3.8, 4) is 5.75 Å². The summed E-state index contributed by atoms with van der Waals surface area (Å²) in [4.78, 5) is 11.4. The van der Waals surface area contributed by atoms with Crippen molar-refractivity contribution in [1.82, 2.24) is 0 Å². The highest BCUT2D eigenvalue weighted by Gasteiger charge is 2.15. The minimum absolute atomic E-state index is 0.138. The molecule has 4 nitrogen and oxygen atoms in total.